The van der Waals surface area contributed by atoms with Crippen LogP contribution in [0.1, 0.15) is 84.5 Å². The lowest BCUT2D eigenvalue weighted by Gasteiger charge is -2.18. The van der Waals surface area contributed by atoms with Gasteiger partial charge in [-0.2, -0.15) is 8.42 Å². The normalized spacial score (nSPS) is 14.1. The van der Waals surface area contributed by atoms with E-state index in [9.17, 15) is 8.42 Å². The predicted molar refractivity (Wildman–Crippen MR) is 111 cm³/mol. The van der Waals surface area contributed by atoms with Crippen LogP contribution < -0.4 is 0 Å². The fraction of sp³-hybridized carbons (Fsp3) is 0.947. The van der Waals surface area contributed by atoms with Gasteiger partial charge in [-0.15, -0.1) is 0 Å². The van der Waals surface area contributed by atoms with Gasteiger partial charge >= 0.3 is 10.4 Å². The van der Waals surface area contributed by atoms with Crippen LogP contribution in [0, 0.1) is 0 Å². The van der Waals surface area contributed by atoms with E-state index in [1.807, 2.05) is 0 Å². The van der Waals surface area contributed by atoms with Gasteiger partial charge in [0.25, 0.3) is 0 Å². The number of β-amino-alcohol motifs (C(OH)–C–C–N with tert-alkyl or cyclic N) is 1. The lowest BCUT2D eigenvalue weighted by atomic mass is 10.1. The van der Waals surface area contributed by atoms with Crippen molar-refractivity contribution in [3.8, 4) is 0 Å². The second-order valence-electron chi connectivity index (χ2n) is 6.77. The third-order valence-electron chi connectivity index (χ3n) is 4.42. The molecular formula is C19H40N2O5S. The molecule has 0 radical (unpaired) electrons. The molecule has 1 heterocycles. The van der Waals surface area contributed by atoms with E-state index in [4.69, 9.17) is 9.66 Å². The summed E-state index contributed by atoms with van der Waals surface area (Å²) in [4.78, 5) is 6.79. The van der Waals surface area contributed by atoms with Crippen LogP contribution in [0.3, 0.4) is 0 Å². The maximum absolute atomic E-state index is 9.56. The Morgan fingerprint density at radius 2 is 1.56 bits per heavy atom. The van der Waals surface area contributed by atoms with Gasteiger partial charge < -0.3 is 10.0 Å². The second-order valence-corrected chi connectivity index (χ2v) is 7.87. The first kappa shape index (κ1) is 26.3. The molecule has 0 aliphatic carbocycles. The van der Waals surface area contributed by atoms with E-state index in [1.54, 1.807) is 0 Å². The van der Waals surface area contributed by atoms with Crippen molar-refractivity contribution in [3.05, 3.63) is 0 Å². The zero-order valence-electron chi connectivity index (χ0n) is 17.2. The third-order valence-corrected chi connectivity index (χ3v) is 4.95. The Morgan fingerprint density at radius 1 is 1.00 bits per heavy atom. The van der Waals surface area contributed by atoms with Crippen molar-refractivity contribution in [2.24, 2.45) is 4.99 Å². The van der Waals surface area contributed by atoms with Gasteiger partial charge in [0.1, 0.15) is 0 Å². The van der Waals surface area contributed by atoms with Crippen LogP contribution in [-0.2, 0) is 14.6 Å². The average Bonchev–Trinajstić information content (AvgIpc) is 3.04. The molecule has 0 unspecified atom stereocenters. The van der Waals surface area contributed by atoms with Gasteiger partial charge in [0, 0.05) is 19.5 Å². The number of nitrogens with zero attached hydrogens (tertiary/aromatic N) is 2. The summed E-state index contributed by atoms with van der Waals surface area (Å²) in [6, 6.07) is 0. The molecule has 2 N–H and O–H groups in total. The molecule has 162 valence electrons. The number of hydrogen-bond acceptors (Lipinski definition) is 6. The molecule has 27 heavy (non-hydrogen) atoms. The summed E-state index contributed by atoms with van der Waals surface area (Å²) in [7, 11) is -4.17. The van der Waals surface area contributed by atoms with E-state index in [-0.39, 0.29) is 13.2 Å². The Balaban J connectivity index is 0.000000821. The first-order valence-electron chi connectivity index (χ1n) is 10.5. The number of rotatable bonds is 15. The Labute approximate surface area is 166 Å². The van der Waals surface area contributed by atoms with Crippen LogP contribution in [0.2, 0.25) is 0 Å². The third kappa shape index (κ3) is 17.1. The summed E-state index contributed by atoms with van der Waals surface area (Å²) in [5.41, 5.74) is 0. The summed E-state index contributed by atoms with van der Waals surface area (Å²) in [5.74, 6) is 1.23. The number of aliphatic hydroxyl groups is 1. The van der Waals surface area contributed by atoms with Crippen molar-refractivity contribution >= 4 is 16.2 Å². The smallest absolute Gasteiger partial charge is 0.395 e. The van der Waals surface area contributed by atoms with Gasteiger partial charge in [0.05, 0.1) is 25.6 Å². The molecule has 0 saturated carbocycles. The van der Waals surface area contributed by atoms with Gasteiger partial charge in [0.15, 0.2) is 0 Å². The van der Waals surface area contributed by atoms with E-state index < -0.39 is 10.4 Å². The maximum atomic E-state index is 9.56. The zero-order chi connectivity index (χ0) is 20.4. The van der Waals surface area contributed by atoms with Crippen molar-refractivity contribution in [2.75, 3.05) is 32.8 Å². The Bertz CT molecular complexity index is 469. The van der Waals surface area contributed by atoms with Crippen molar-refractivity contribution in [1.29, 1.82) is 0 Å². The summed E-state index contributed by atoms with van der Waals surface area (Å²) < 4.78 is 30.7. The minimum absolute atomic E-state index is 0.0289. The first-order chi connectivity index (χ1) is 12.9. The molecule has 0 aromatic heterocycles. The number of unbranched alkanes of at least 4 members (excludes halogenated alkanes) is 9. The van der Waals surface area contributed by atoms with Crippen LogP contribution in [0.15, 0.2) is 4.99 Å². The molecule has 0 spiro atoms. The minimum Gasteiger partial charge on any atom is -0.395 e. The van der Waals surface area contributed by atoms with Gasteiger partial charge in [-0.3, -0.25) is 9.55 Å². The second kappa shape index (κ2) is 17.4. The fourth-order valence-electron chi connectivity index (χ4n) is 3.05. The van der Waals surface area contributed by atoms with Gasteiger partial charge in [-0.25, -0.2) is 4.18 Å². The van der Waals surface area contributed by atoms with Crippen LogP contribution in [0.4, 0.5) is 0 Å². The molecule has 7 nitrogen and oxygen atoms in total. The lowest BCUT2D eigenvalue weighted by Crippen LogP contribution is -2.30. The van der Waals surface area contributed by atoms with Crippen molar-refractivity contribution in [1.82, 2.24) is 4.90 Å². The summed E-state index contributed by atoms with van der Waals surface area (Å²) in [5, 5.41) is 8.99. The zero-order valence-corrected chi connectivity index (χ0v) is 18.1. The Kier molecular flexibility index (Phi) is 17.0. The summed E-state index contributed by atoms with van der Waals surface area (Å²) in [6.07, 6.45) is 14.9. The number of amidine groups is 1. The molecule has 0 fully saturated rings. The number of hydrogen-bond donors (Lipinski definition) is 2. The Morgan fingerprint density at radius 3 is 2.00 bits per heavy atom. The molecule has 0 bridgehead atoms. The molecule has 8 heteroatoms. The van der Waals surface area contributed by atoms with Crippen LogP contribution in [-0.4, -0.2) is 61.7 Å². The molecule has 0 saturated heterocycles. The van der Waals surface area contributed by atoms with Gasteiger partial charge in [-0.1, -0.05) is 64.7 Å². The highest BCUT2D eigenvalue weighted by Crippen LogP contribution is 2.13. The first-order valence-corrected chi connectivity index (χ1v) is 11.8. The SMILES string of the molecule is CCCCCCCCCCCCC1=NCCN1CCO.CCOS(=O)(=O)O. The van der Waals surface area contributed by atoms with Gasteiger partial charge in [0.2, 0.25) is 0 Å². The molecule has 1 aliphatic rings. The molecule has 1 aliphatic heterocycles. The Hall–Kier alpha value is -0.700. The maximum Gasteiger partial charge on any atom is 0.397 e. The highest BCUT2D eigenvalue weighted by molar-refractivity contribution is 7.80. The standard InChI is InChI=1S/C17H34N2O.C2H6O4S/c1-2-3-4-5-6-7-8-9-10-11-12-17-18-13-14-19(17)15-16-20;1-2-6-7(3,4)5/h20H,2-16H2,1H3;2H2,1H3,(H,3,4,5). The molecular weight excluding hydrogens is 368 g/mol. The average molecular weight is 409 g/mol. The topological polar surface area (TPSA) is 99.4 Å². The molecule has 0 aromatic rings. The number of aliphatic imine (C=N–C) groups is 1. The van der Waals surface area contributed by atoms with E-state index in [0.717, 1.165) is 26.1 Å². The largest absolute Gasteiger partial charge is 0.397 e. The monoisotopic (exact) mass is 408 g/mol. The van der Waals surface area contributed by atoms with E-state index in [1.165, 1.54) is 77.0 Å². The van der Waals surface area contributed by atoms with Crippen LogP contribution in [0.25, 0.3) is 0 Å². The van der Waals surface area contributed by atoms with Crippen molar-refractivity contribution < 1.29 is 22.3 Å². The quantitative estimate of drug-likeness (QED) is 0.315. The van der Waals surface area contributed by atoms with Crippen LogP contribution in [0.5, 0.6) is 0 Å². The van der Waals surface area contributed by atoms with E-state index >= 15 is 0 Å². The van der Waals surface area contributed by atoms with Crippen molar-refractivity contribution in [3.63, 3.8) is 0 Å². The summed E-state index contributed by atoms with van der Waals surface area (Å²) in [6.45, 7) is 6.65. The molecule has 0 atom stereocenters. The highest BCUT2D eigenvalue weighted by atomic mass is 32.3. The van der Waals surface area contributed by atoms with E-state index in [0.29, 0.717) is 0 Å². The molecule has 0 amide bonds. The van der Waals surface area contributed by atoms with Crippen LogP contribution >= 0.6 is 0 Å². The summed E-state index contributed by atoms with van der Waals surface area (Å²) >= 11 is 0. The lowest BCUT2D eigenvalue weighted by molar-refractivity contribution is 0.255. The predicted octanol–water partition coefficient (Wildman–Crippen LogP) is 3.83. The van der Waals surface area contributed by atoms with Crippen molar-refractivity contribution in [2.45, 2.75) is 84.5 Å². The molecule has 0 aromatic carbocycles. The fourth-order valence-corrected chi connectivity index (χ4v) is 3.34. The number of aliphatic hydroxyl groups excluding tert-OH is 1. The highest BCUT2D eigenvalue weighted by Gasteiger charge is 2.14. The molecule has 1 rings (SSSR count). The minimum atomic E-state index is -4.17. The van der Waals surface area contributed by atoms with E-state index in [2.05, 4.69) is 21.0 Å². The van der Waals surface area contributed by atoms with Gasteiger partial charge in [-0.05, 0) is 13.3 Å².